The standard InChI is InChI=1S/C12H17NO3/c1-9(15-2)8-13-12(14)10-6-4-5-7-11(10)16-3/h4-7,9H,8H2,1-3H3,(H,13,14). The van der Waals surface area contributed by atoms with E-state index in [4.69, 9.17) is 9.47 Å². The van der Waals surface area contributed by atoms with Crippen LogP contribution in [0.4, 0.5) is 0 Å². The van der Waals surface area contributed by atoms with Gasteiger partial charge < -0.3 is 14.8 Å². The molecule has 0 spiro atoms. The van der Waals surface area contributed by atoms with Crippen molar-refractivity contribution in [2.24, 2.45) is 0 Å². The van der Waals surface area contributed by atoms with Crippen molar-refractivity contribution in [1.82, 2.24) is 5.32 Å². The molecule has 0 saturated carbocycles. The molecular weight excluding hydrogens is 206 g/mol. The first-order valence-corrected chi connectivity index (χ1v) is 5.13. The van der Waals surface area contributed by atoms with Crippen LogP contribution in [0.25, 0.3) is 0 Å². The number of para-hydroxylation sites is 1. The molecule has 1 N–H and O–H groups in total. The number of benzene rings is 1. The SMILES string of the molecule is COc1ccccc1C(=O)NCC(C)OC. The highest BCUT2D eigenvalue weighted by atomic mass is 16.5. The molecule has 1 rings (SSSR count). The fraction of sp³-hybridized carbons (Fsp3) is 0.417. The molecule has 0 heterocycles. The maximum atomic E-state index is 11.8. The number of rotatable bonds is 5. The number of ether oxygens (including phenoxy) is 2. The Kier molecular flexibility index (Phi) is 4.79. The molecular formula is C12H17NO3. The Hall–Kier alpha value is -1.55. The Balaban J connectivity index is 2.65. The number of nitrogens with one attached hydrogen (secondary N) is 1. The Bertz CT molecular complexity index is 352. The zero-order valence-corrected chi connectivity index (χ0v) is 9.82. The van der Waals surface area contributed by atoms with Crippen LogP contribution in [-0.4, -0.2) is 32.8 Å². The van der Waals surface area contributed by atoms with Crippen molar-refractivity contribution < 1.29 is 14.3 Å². The molecule has 1 unspecified atom stereocenters. The van der Waals surface area contributed by atoms with Crippen LogP contribution in [0.5, 0.6) is 5.75 Å². The summed E-state index contributed by atoms with van der Waals surface area (Å²) in [6, 6.07) is 7.12. The highest BCUT2D eigenvalue weighted by Gasteiger charge is 2.11. The minimum absolute atomic E-state index is 0.00124. The highest BCUT2D eigenvalue weighted by molar-refractivity contribution is 5.96. The topological polar surface area (TPSA) is 47.6 Å². The van der Waals surface area contributed by atoms with Gasteiger partial charge in [-0.05, 0) is 19.1 Å². The average Bonchev–Trinajstić information content (AvgIpc) is 2.35. The molecule has 1 aromatic carbocycles. The Labute approximate surface area is 95.6 Å². The van der Waals surface area contributed by atoms with Gasteiger partial charge in [0, 0.05) is 13.7 Å². The van der Waals surface area contributed by atoms with Gasteiger partial charge in [-0.25, -0.2) is 0 Å². The zero-order valence-electron chi connectivity index (χ0n) is 9.82. The molecule has 16 heavy (non-hydrogen) atoms. The summed E-state index contributed by atoms with van der Waals surface area (Å²) in [6.07, 6.45) is -0.00124. The number of hydrogen-bond acceptors (Lipinski definition) is 3. The summed E-state index contributed by atoms with van der Waals surface area (Å²) in [4.78, 5) is 11.8. The van der Waals surface area contributed by atoms with Gasteiger partial charge in [-0.15, -0.1) is 0 Å². The van der Waals surface area contributed by atoms with Gasteiger partial charge in [-0.2, -0.15) is 0 Å². The van der Waals surface area contributed by atoms with Gasteiger partial charge in [0.15, 0.2) is 0 Å². The lowest BCUT2D eigenvalue weighted by Crippen LogP contribution is -2.31. The monoisotopic (exact) mass is 223 g/mol. The highest BCUT2D eigenvalue weighted by Crippen LogP contribution is 2.16. The van der Waals surface area contributed by atoms with Gasteiger partial charge >= 0.3 is 0 Å². The zero-order chi connectivity index (χ0) is 12.0. The van der Waals surface area contributed by atoms with Crippen LogP contribution in [0, 0.1) is 0 Å². The molecule has 0 aliphatic carbocycles. The lowest BCUT2D eigenvalue weighted by molar-refractivity contribution is 0.0868. The van der Waals surface area contributed by atoms with Gasteiger partial charge in [0.25, 0.3) is 5.91 Å². The molecule has 1 atom stereocenters. The van der Waals surface area contributed by atoms with Crippen molar-refractivity contribution in [1.29, 1.82) is 0 Å². The van der Waals surface area contributed by atoms with E-state index in [0.717, 1.165) is 0 Å². The lowest BCUT2D eigenvalue weighted by Gasteiger charge is -2.12. The molecule has 4 nitrogen and oxygen atoms in total. The molecule has 0 bridgehead atoms. The minimum Gasteiger partial charge on any atom is -0.496 e. The second-order valence-electron chi connectivity index (χ2n) is 3.46. The summed E-state index contributed by atoms with van der Waals surface area (Å²) in [5, 5.41) is 2.78. The third kappa shape index (κ3) is 3.24. The van der Waals surface area contributed by atoms with E-state index >= 15 is 0 Å². The van der Waals surface area contributed by atoms with Crippen LogP contribution in [-0.2, 0) is 4.74 Å². The van der Waals surface area contributed by atoms with Gasteiger partial charge in [-0.3, -0.25) is 4.79 Å². The fourth-order valence-electron chi connectivity index (χ4n) is 1.25. The molecule has 0 aromatic heterocycles. The molecule has 1 amide bonds. The van der Waals surface area contributed by atoms with Crippen LogP contribution in [0.3, 0.4) is 0 Å². The maximum Gasteiger partial charge on any atom is 0.255 e. The first kappa shape index (κ1) is 12.5. The predicted molar refractivity (Wildman–Crippen MR) is 61.8 cm³/mol. The first-order chi connectivity index (χ1) is 7.69. The van der Waals surface area contributed by atoms with E-state index in [1.165, 1.54) is 0 Å². The first-order valence-electron chi connectivity index (χ1n) is 5.13. The normalized spacial score (nSPS) is 11.9. The van der Waals surface area contributed by atoms with Crippen molar-refractivity contribution >= 4 is 5.91 Å². The molecule has 0 aliphatic rings. The maximum absolute atomic E-state index is 11.8. The van der Waals surface area contributed by atoms with Crippen LogP contribution in [0.15, 0.2) is 24.3 Å². The molecule has 0 aliphatic heterocycles. The number of carbonyl (C=O) groups is 1. The van der Waals surface area contributed by atoms with E-state index < -0.39 is 0 Å². The number of hydrogen-bond donors (Lipinski definition) is 1. The fourth-order valence-corrected chi connectivity index (χ4v) is 1.25. The minimum atomic E-state index is -0.152. The quantitative estimate of drug-likeness (QED) is 0.822. The number of amides is 1. The van der Waals surface area contributed by atoms with Gasteiger partial charge in [0.2, 0.25) is 0 Å². The van der Waals surface area contributed by atoms with E-state index in [-0.39, 0.29) is 12.0 Å². The van der Waals surface area contributed by atoms with Gasteiger partial charge in [0.05, 0.1) is 18.8 Å². The van der Waals surface area contributed by atoms with Crippen LogP contribution in [0.2, 0.25) is 0 Å². The molecule has 1 aromatic rings. The Morgan fingerprint density at radius 3 is 2.69 bits per heavy atom. The van der Waals surface area contributed by atoms with Crippen LogP contribution < -0.4 is 10.1 Å². The van der Waals surface area contributed by atoms with Gasteiger partial charge in [-0.1, -0.05) is 12.1 Å². The van der Waals surface area contributed by atoms with Crippen molar-refractivity contribution in [2.45, 2.75) is 13.0 Å². The second-order valence-corrected chi connectivity index (χ2v) is 3.46. The summed E-state index contributed by atoms with van der Waals surface area (Å²) < 4.78 is 10.2. The smallest absolute Gasteiger partial charge is 0.255 e. The largest absolute Gasteiger partial charge is 0.496 e. The molecule has 0 fully saturated rings. The predicted octanol–water partition coefficient (Wildman–Crippen LogP) is 1.46. The Morgan fingerprint density at radius 1 is 1.38 bits per heavy atom. The summed E-state index contributed by atoms with van der Waals surface area (Å²) >= 11 is 0. The van der Waals surface area contributed by atoms with E-state index in [2.05, 4.69) is 5.32 Å². The second kappa shape index (κ2) is 6.12. The Morgan fingerprint density at radius 2 is 2.06 bits per heavy atom. The molecule has 0 saturated heterocycles. The van der Waals surface area contributed by atoms with Crippen LogP contribution >= 0.6 is 0 Å². The molecule has 4 heteroatoms. The summed E-state index contributed by atoms with van der Waals surface area (Å²) in [5.41, 5.74) is 0.535. The summed E-state index contributed by atoms with van der Waals surface area (Å²) in [5.74, 6) is 0.423. The van der Waals surface area contributed by atoms with Crippen molar-refractivity contribution in [3.05, 3.63) is 29.8 Å². The van der Waals surface area contributed by atoms with E-state index in [1.807, 2.05) is 13.0 Å². The van der Waals surface area contributed by atoms with Crippen LogP contribution in [0.1, 0.15) is 17.3 Å². The average molecular weight is 223 g/mol. The third-order valence-corrected chi connectivity index (χ3v) is 2.30. The third-order valence-electron chi connectivity index (χ3n) is 2.30. The van der Waals surface area contributed by atoms with E-state index in [0.29, 0.717) is 17.9 Å². The lowest BCUT2D eigenvalue weighted by atomic mass is 10.2. The summed E-state index contributed by atoms with van der Waals surface area (Å²) in [7, 11) is 3.16. The number of methoxy groups -OCH3 is 2. The van der Waals surface area contributed by atoms with Crippen molar-refractivity contribution in [3.63, 3.8) is 0 Å². The molecule has 88 valence electrons. The van der Waals surface area contributed by atoms with Gasteiger partial charge in [0.1, 0.15) is 5.75 Å². The number of carbonyl (C=O) groups excluding carboxylic acids is 1. The molecule has 0 radical (unpaired) electrons. The van der Waals surface area contributed by atoms with Crippen molar-refractivity contribution in [2.75, 3.05) is 20.8 Å². The van der Waals surface area contributed by atoms with E-state index in [1.54, 1.807) is 32.4 Å². The van der Waals surface area contributed by atoms with E-state index in [9.17, 15) is 4.79 Å². The van der Waals surface area contributed by atoms with Crippen molar-refractivity contribution in [3.8, 4) is 5.75 Å². The summed E-state index contributed by atoms with van der Waals surface area (Å²) in [6.45, 7) is 2.37.